The Bertz CT molecular complexity index is 528. The zero-order chi connectivity index (χ0) is 14.5. The Kier molecular flexibility index (Phi) is 4.97. The monoisotopic (exact) mass is 341 g/mol. The number of hydrogen-bond acceptors (Lipinski definition) is 4. The van der Waals surface area contributed by atoms with Gasteiger partial charge >= 0.3 is 0 Å². The number of ether oxygens (including phenoxy) is 1. The highest BCUT2D eigenvalue weighted by molar-refractivity contribution is 9.10. The van der Waals surface area contributed by atoms with Crippen molar-refractivity contribution in [1.82, 2.24) is 0 Å². The lowest BCUT2D eigenvalue weighted by Crippen LogP contribution is -2.22. The highest BCUT2D eigenvalue weighted by Gasteiger charge is 2.20. The van der Waals surface area contributed by atoms with E-state index in [1.807, 2.05) is 0 Å². The van der Waals surface area contributed by atoms with Gasteiger partial charge in [-0.3, -0.25) is 4.79 Å². The van der Waals surface area contributed by atoms with Gasteiger partial charge in [-0.15, -0.1) is 0 Å². The average Bonchev–Trinajstić information content (AvgIpc) is 2.90. The Morgan fingerprint density at radius 1 is 1.60 bits per heavy atom. The summed E-state index contributed by atoms with van der Waals surface area (Å²) in [6, 6.07) is 5.13. The van der Waals surface area contributed by atoms with Gasteiger partial charge in [0.2, 0.25) is 5.91 Å². The van der Waals surface area contributed by atoms with Gasteiger partial charge in [0.15, 0.2) is 5.84 Å². The van der Waals surface area contributed by atoms with E-state index in [1.165, 1.54) is 0 Å². The lowest BCUT2D eigenvalue weighted by atomic mass is 10.1. The topological polar surface area (TPSA) is 96.9 Å². The molecule has 0 aromatic heterocycles. The number of nitrogens with zero attached hydrogens (tertiary/aromatic N) is 1. The summed E-state index contributed by atoms with van der Waals surface area (Å²) in [7, 11) is 0. The van der Waals surface area contributed by atoms with Gasteiger partial charge in [0.25, 0.3) is 0 Å². The van der Waals surface area contributed by atoms with Crippen molar-refractivity contribution in [3.8, 4) is 0 Å². The molecule has 1 aliphatic heterocycles. The smallest absolute Gasteiger partial charge is 0.227 e. The SMILES string of the molecule is N/C(=N/O)c1ccc(Br)cc1NC(=O)CC1CCCO1. The van der Waals surface area contributed by atoms with Crippen LogP contribution in [0.4, 0.5) is 5.69 Å². The fourth-order valence-electron chi connectivity index (χ4n) is 2.11. The lowest BCUT2D eigenvalue weighted by molar-refractivity contribution is -0.118. The van der Waals surface area contributed by atoms with Gasteiger partial charge in [-0.2, -0.15) is 0 Å². The number of nitrogens with two attached hydrogens (primary N) is 1. The minimum Gasteiger partial charge on any atom is -0.409 e. The van der Waals surface area contributed by atoms with E-state index < -0.39 is 0 Å². The number of halogens is 1. The second-order valence-electron chi connectivity index (χ2n) is 4.56. The molecular weight excluding hydrogens is 326 g/mol. The molecule has 0 spiro atoms. The number of oxime groups is 1. The van der Waals surface area contributed by atoms with Crippen LogP contribution in [0, 0.1) is 0 Å². The molecule has 7 heteroatoms. The summed E-state index contributed by atoms with van der Waals surface area (Å²) in [6.07, 6.45) is 2.18. The summed E-state index contributed by atoms with van der Waals surface area (Å²) in [5.41, 5.74) is 6.56. The van der Waals surface area contributed by atoms with Crippen molar-refractivity contribution in [1.29, 1.82) is 0 Å². The molecule has 1 aliphatic rings. The molecule has 1 saturated heterocycles. The molecule has 0 bridgehead atoms. The summed E-state index contributed by atoms with van der Waals surface area (Å²) >= 11 is 3.33. The van der Waals surface area contributed by atoms with Crippen molar-refractivity contribution in [2.24, 2.45) is 10.9 Å². The zero-order valence-corrected chi connectivity index (χ0v) is 12.4. The highest BCUT2D eigenvalue weighted by atomic mass is 79.9. The maximum Gasteiger partial charge on any atom is 0.227 e. The summed E-state index contributed by atoms with van der Waals surface area (Å²) < 4.78 is 6.22. The minimum atomic E-state index is -0.151. The number of nitrogens with one attached hydrogen (secondary N) is 1. The molecule has 1 atom stereocenters. The van der Waals surface area contributed by atoms with Crippen LogP contribution in [0.5, 0.6) is 0 Å². The van der Waals surface area contributed by atoms with E-state index in [-0.39, 0.29) is 17.8 Å². The summed E-state index contributed by atoms with van der Waals surface area (Å²) in [6.45, 7) is 0.713. The average molecular weight is 342 g/mol. The van der Waals surface area contributed by atoms with Crippen molar-refractivity contribution in [2.45, 2.75) is 25.4 Å². The van der Waals surface area contributed by atoms with E-state index in [0.717, 1.165) is 17.3 Å². The quantitative estimate of drug-likeness (QED) is 0.338. The van der Waals surface area contributed by atoms with Gasteiger partial charge in [0.1, 0.15) is 0 Å². The Labute approximate surface area is 125 Å². The maximum absolute atomic E-state index is 12.0. The molecule has 1 aromatic rings. The molecule has 1 amide bonds. The standard InChI is InChI=1S/C13H16BrN3O3/c14-8-3-4-10(13(15)17-19)11(6-8)16-12(18)7-9-2-1-5-20-9/h3-4,6,9,19H,1-2,5,7H2,(H2,15,17)(H,16,18). The first kappa shape index (κ1) is 14.8. The van der Waals surface area contributed by atoms with Crippen molar-refractivity contribution >= 4 is 33.4 Å². The Morgan fingerprint density at radius 2 is 2.40 bits per heavy atom. The third kappa shape index (κ3) is 3.71. The Morgan fingerprint density at radius 3 is 3.05 bits per heavy atom. The second-order valence-corrected chi connectivity index (χ2v) is 5.48. The third-order valence-corrected chi connectivity index (χ3v) is 3.57. The molecule has 0 radical (unpaired) electrons. The van der Waals surface area contributed by atoms with Crippen LogP contribution in [-0.2, 0) is 9.53 Å². The number of benzene rings is 1. The molecule has 20 heavy (non-hydrogen) atoms. The van der Waals surface area contributed by atoms with Crippen molar-refractivity contribution in [3.63, 3.8) is 0 Å². The Hall–Kier alpha value is -1.60. The van der Waals surface area contributed by atoms with Crippen LogP contribution in [0.3, 0.4) is 0 Å². The Balaban J connectivity index is 2.10. The fraction of sp³-hybridized carbons (Fsp3) is 0.385. The summed E-state index contributed by atoms with van der Waals surface area (Å²) in [5, 5.41) is 14.5. The number of hydrogen-bond donors (Lipinski definition) is 3. The molecule has 6 nitrogen and oxygen atoms in total. The molecule has 0 saturated carbocycles. The van der Waals surface area contributed by atoms with Crippen molar-refractivity contribution in [2.75, 3.05) is 11.9 Å². The van der Waals surface area contributed by atoms with E-state index >= 15 is 0 Å². The third-order valence-electron chi connectivity index (χ3n) is 3.08. The van der Waals surface area contributed by atoms with E-state index in [4.69, 9.17) is 15.7 Å². The van der Waals surface area contributed by atoms with Crippen LogP contribution in [-0.4, -0.2) is 29.7 Å². The predicted molar refractivity (Wildman–Crippen MR) is 78.9 cm³/mol. The van der Waals surface area contributed by atoms with Gasteiger partial charge in [-0.1, -0.05) is 21.1 Å². The number of anilines is 1. The van der Waals surface area contributed by atoms with E-state index in [1.54, 1.807) is 18.2 Å². The van der Waals surface area contributed by atoms with Crippen LogP contribution < -0.4 is 11.1 Å². The first-order valence-corrected chi connectivity index (χ1v) is 7.08. The molecule has 4 N–H and O–H groups in total. The number of amides is 1. The molecule has 1 heterocycles. The molecule has 1 fully saturated rings. The fourth-order valence-corrected chi connectivity index (χ4v) is 2.47. The van der Waals surface area contributed by atoms with E-state index in [2.05, 4.69) is 26.4 Å². The van der Waals surface area contributed by atoms with Crippen molar-refractivity contribution in [3.05, 3.63) is 28.2 Å². The van der Waals surface area contributed by atoms with Crippen LogP contribution >= 0.6 is 15.9 Å². The number of carbonyl (C=O) groups excluding carboxylic acids is 1. The van der Waals surface area contributed by atoms with Crippen LogP contribution in [0.1, 0.15) is 24.8 Å². The first-order valence-electron chi connectivity index (χ1n) is 6.29. The summed E-state index contributed by atoms with van der Waals surface area (Å²) in [4.78, 5) is 12.0. The lowest BCUT2D eigenvalue weighted by Gasteiger charge is -2.13. The van der Waals surface area contributed by atoms with Crippen LogP contribution in [0.15, 0.2) is 27.8 Å². The van der Waals surface area contributed by atoms with Crippen molar-refractivity contribution < 1.29 is 14.7 Å². The van der Waals surface area contributed by atoms with E-state index in [9.17, 15) is 4.79 Å². The minimum absolute atomic E-state index is 0.0190. The number of rotatable bonds is 4. The molecule has 1 unspecified atom stereocenters. The second kappa shape index (κ2) is 6.71. The molecule has 2 rings (SSSR count). The number of carbonyl (C=O) groups is 1. The van der Waals surface area contributed by atoms with Gasteiger partial charge in [0.05, 0.1) is 18.2 Å². The van der Waals surface area contributed by atoms with E-state index in [0.29, 0.717) is 24.3 Å². The van der Waals surface area contributed by atoms with Gasteiger partial charge < -0.3 is 21.0 Å². The molecule has 1 aromatic carbocycles. The van der Waals surface area contributed by atoms with Gasteiger partial charge in [-0.25, -0.2) is 0 Å². The molecular formula is C13H16BrN3O3. The zero-order valence-electron chi connectivity index (χ0n) is 10.8. The molecule has 108 valence electrons. The number of amidine groups is 1. The largest absolute Gasteiger partial charge is 0.409 e. The van der Waals surface area contributed by atoms with Gasteiger partial charge in [0, 0.05) is 16.6 Å². The predicted octanol–water partition coefficient (Wildman–Crippen LogP) is 2.05. The summed E-state index contributed by atoms with van der Waals surface area (Å²) in [5.74, 6) is -0.202. The first-order chi connectivity index (χ1) is 9.60. The van der Waals surface area contributed by atoms with Gasteiger partial charge in [-0.05, 0) is 31.0 Å². The van der Waals surface area contributed by atoms with Crippen LogP contribution in [0.25, 0.3) is 0 Å². The van der Waals surface area contributed by atoms with Crippen LogP contribution in [0.2, 0.25) is 0 Å². The highest BCUT2D eigenvalue weighted by Crippen LogP contribution is 2.22. The normalized spacial score (nSPS) is 19.1. The molecule has 0 aliphatic carbocycles. The maximum atomic E-state index is 12.0.